The zero-order valence-electron chi connectivity index (χ0n) is 13.6. The van der Waals surface area contributed by atoms with E-state index in [1.54, 1.807) is 0 Å². The van der Waals surface area contributed by atoms with Gasteiger partial charge in [-0.1, -0.05) is 60.7 Å². The van der Waals surface area contributed by atoms with Crippen molar-refractivity contribution < 1.29 is 31.3 Å². The Labute approximate surface area is 141 Å². The zero-order valence-corrected chi connectivity index (χ0v) is 13.6. The molecule has 2 rings (SSSR count). The van der Waals surface area contributed by atoms with Gasteiger partial charge in [0.05, 0.1) is 13.1 Å². The van der Waals surface area contributed by atoms with E-state index in [9.17, 15) is 19.8 Å². The van der Waals surface area contributed by atoms with Gasteiger partial charge in [0.25, 0.3) is 0 Å². The van der Waals surface area contributed by atoms with Gasteiger partial charge in [-0.25, -0.2) is 0 Å². The Morgan fingerprint density at radius 3 is 1.12 bits per heavy atom. The average molecular weight is 332 g/mol. The third kappa shape index (κ3) is 13.0. The van der Waals surface area contributed by atoms with Crippen molar-refractivity contribution in [2.75, 3.05) is 0 Å². The molecule has 2 aromatic rings. The van der Waals surface area contributed by atoms with Crippen molar-refractivity contribution in [1.82, 2.24) is 0 Å². The molecule has 0 bridgehead atoms. The molecule has 0 amide bonds. The van der Waals surface area contributed by atoms with Gasteiger partial charge in [0.15, 0.2) is 0 Å². The van der Waals surface area contributed by atoms with E-state index < -0.39 is 24.8 Å². The Morgan fingerprint density at radius 2 is 0.958 bits per heavy atom. The van der Waals surface area contributed by atoms with E-state index in [-0.39, 0.29) is 0 Å². The molecule has 0 fully saturated rings. The average Bonchev–Trinajstić information content (AvgIpc) is 2.62. The normalized spacial score (nSPS) is 8.92. The van der Waals surface area contributed by atoms with Crippen molar-refractivity contribution >= 4 is 11.9 Å². The lowest BCUT2D eigenvalue weighted by atomic mass is 10.2. The van der Waals surface area contributed by atoms with Crippen LogP contribution in [0, 0.1) is 0 Å². The summed E-state index contributed by atoms with van der Waals surface area (Å²) in [7, 11) is 0. The van der Waals surface area contributed by atoms with Crippen LogP contribution in [0.15, 0.2) is 60.7 Å². The molecule has 24 heavy (non-hydrogen) atoms. The lowest BCUT2D eigenvalue weighted by Gasteiger charge is -2.00. The summed E-state index contributed by atoms with van der Waals surface area (Å²) in [4.78, 5) is 19.0. The quantitative estimate of drug-likeness (QED) is 0.662. The largest absolute Gasteiger partial charge is 0.550 e. The second-order valence-electron chi connectivity index (χ2n) is 4.72. The predicted molar refractivity (Wildman–Crippen MR) is 85.3 cm³/mol. The summed E-state index contributed by atoms with van der Waals surface area (Å²) >= 11 is 0. The first-order valence-corrected chi connectivity index (χ1v) is 7.55. The van der Waals surface area contributed by atoms with E-state index in [0.29, 0.717) is 0 Å². The van der Waals surface area contributed by atoms with Gasteiger partial charge in [-0.15, -0.1) is 0 Å². The molecule has 0 aromatic heterocycles. The smallest absolute Gasteiger partial charge is 0.0997 e. The van der Waals surface area contributed by atoms with Gasteiger partial charge in [-0.05, 0) is 12.8 Å². The number of carbonyl (C=O) groups is 2. The topological polar surface area (TPSA) is 136 Å². The van der Waals surface area contributed by atoms with Crippen LogP contribution in [0.1, 0.15) is 24.0 Å². The number of aliphatic carboxylic acids is 2. The van der Waals surface area contributed by atoms with E-state index in [2.05, 4.69) is 35.7 Å². The maximum absolute atomic E-state index is 9.50. The van der Waals surface area contributed by atoms with Gasteiger partial charge in [0.2, 0.25) is 0 Å². The van der Waals surface area contributed by atoms with Crippen molar-refractivity contribution in [3.8, 4) is 0 Å². The Bertz CT molecular complexity index is 521. The summed E-state index contributed by atoms with van der Waals surface area (Å²) in [6.07, 6.45) is -0.940. The third-order valence-electron chi connectivity index (χ3n) is 2.80. The Hall–Kier alpha value is -2.70. The van der Waals surface area contributed by atoms with Crippen molar-refractivity contribution in [2.45, 2.75) is 25.9 Å². The second-order valence-corrected chi connectivity index (χ2v) is 4.72. The molecule has 0 aliphatic carbocycles. The number of hydrogen-bond donors (Lipinski definition) is 2. The summed E-state index contributed by atoms with van der Waals surface area (Å²) < 4.78 is 0. The number of benzene rings is 2. The highest BCUT2D eigenvalue weighted by Crippen LogP contribution is 1.94. The molecule has 0 spiro atoms. The molecular weight excluding hydrogens is 308 g/mol. The molecule has 2 aromatic carbocycles. The van der Waals surface area contributed by atoms with E-state index >= 15 is 0 Å². The van der Waals surface area contributed by atoms with Crippen LogP contribution < -0.4 is 21.7 Å². The zero-order chi connectivity index (χ0) is 18.2. The first kappa shape index (κ1) is 21.3. The lowest BCUT2D eigenvalue weighted by molar-refractivity contribution is -0.386. The summed E-state index contributed by atoms with van der Waals surface area (Å²) in [5, 5.41) is 19.0. The number of hydrogen-bond acceptors (Lipinski definition) is 4. The third-order valence-corrected chi connectivity index (χ3v) is 2.80. The van der Waals surface area contributed by atoms with Crippen molar-refractivity contribution in [3.63, 3.8) is 0 Å². The van der Waals surface area contributed by atoms with E-state index in [1.807, 2.05) is 36.4 Å². The standard InChI is InChI=1S/2C7H9N.C4H6O4/c2*8-6-7-4-2-1-3-5-7;5-3(6)1-2-4(7)8/h2*1-5H,6,8H2;1-2H2,(H,5,6)(H,7,8). The van der Waals surface area contributed by atoms with Crippen LogP contribution in [0.2, 0.25) is 0 Å². The van der Waals surface area contributed by atoms with E-state index in [0.717, 1.165) is 13.1 Å². The highest BCUT2D eigenvalue weighted by Gasteiger charge is 1.85. The van der Waals surface area contributed by atoms with Crippen LogP contribution in [0.3, 0.4) is 0 Å². The Morgan fingerprint density at radius 1 is 0.667 bits per heavy atom. The SMILES string of the molecule is O=C([O-])CCC(=O)[O-].[NH3+]Cc1ccccc1.[NH3+]Cc1ccccc1. The molecule has 0 radical (unpaired) electrons. The van der Waals surface area contributed by atoms with Gasteiger partial charge >= 0.3 is 0 Å². The molecule has 0 heterocycles. The summed E-state index contributed by atoms with van der Waals surface area (Å²) in [6.45, 7) is 1.78. The minimum atomic E-state index is -1.37. The van der Waals surface area contributed by atoms with Crippen molar-refractivity contribution in [3.05, 3.63) is 71.8 Å². The fraction of sp³-hybridized carbons (Fsp3) is 0.222. The molecule has 6 nitrogen and oxygen atoms in total. The van der Waals surface area contributed by atoms with Gasteiger partial charge in [-0.3, -0.25) is 0 Å². The molecule has 0 saturated carbocycles. The van der Waals surface area contributed by atoms with Crippen LogP contribution in [0.4, 0.5) is 0 Å². The molecule has 0 atom stereocenters. The van der Waals surface area contributed by atoms with Gasteiger partial charge < -0.3 is 31.3 Å². The van der Waals surface area contributed by atoms with Gasteiger partial charge in [-0.2, -0.15) is 0 Å². The fourth-order valence-electron chi connectivity index (χ4n) is 1.49. The maximum atomic E-state index is 9.50. The van der Waals surface area contributed by atoms with Crippen molar-refractivity contribution in [1.29, 1.82) is 0 Å². The van der Waals surface area contributed by atoms with Crippen LogP contribution in [-0.4, -0.2) is 11.9 Å². The summed E-state index contributed by atoms with van der Waals surface area (Å²) in [6, 6.07) is 20.4. The first-order chi connectivity index (χ1) is 11.5. The molecule has 6 N–H and O–H groups in total. The predicted octanol–water partition coefficient (Wildman–Crippen LogP) is -1.88. The Balaban J connectivity index is 0.000000331. The van der Waals surface area contributed by atoms with Crippen LogP contribution in [0.5, 0.6) is 0 Å². The number of rotatable bonds is 5. The fourth-order valence-corrected chi connectivity index (χ4v) is 1.49. The molecule has 0 aliphatic heterocycles. The van der Waals surface area contributed by atoms with Crippen molar-refractivity contribution in [2.24, 2.45) is 0 Å². The van der Waals surface area contributed by atoms with Gasteiger partial charge in [0.1, 0.15) is 0 Å². The number of carboxylic acids is 2. The molecular formula is C18H24N2O4. The minimum Gasteiger partial charge on any atom is -0.550 e. The summed E-state index contributed by atoms with van der Waals surface area (Å²) in [5.74, 6) is -2.73. The minimum absolute atomic E-state index is 0.470. The monoisotopic (exact) mass is 332 g/mol. The first-order valence-electron chi connectivity index (χ1n) is 7.55. The number of carboxylic acid groups (broad SMARTS) is 2. The number of quaternary nitrogens is 2. The highest BCUT2D eigenvalue weighted by molar-refractivity contribution is 5.72. The Kier molecular flexibility index (Phi) is 12.4. The molecule has 130 valence electrons. The number of carbonyl (C=O) groups excluding carboxylic acids is 2. The van der Waals surface area contributed by atoms with Gasteiger partial charge in [0, 0.05) is 23.1 Å². The molecule has 0 unspecified atom stereocenters. The van der Waals surface area contributed by atoms with Crippen LogP contribution in [0.25, 0.3) is 0 Å². The molecule has 0 saturated heterocycles. The molecule has 0 aliphatic rings. The second kappa shape index (κ2) is 13.9. The highest BCUT2D eigenvalue weighted by atomic mass is 16.4. The summed E-state index contributed by atoms with van der Waals surface area (Å²) in [5.41, 5.74) is 10.1. The lowest BCUT2D eigenvalue weighted by Crippen LogP contribution is -2.47. The van der Waals surface area contributed by atoms with Crippen LogP contribution >= 0.6 is 0 Å². The van der Waals surface area contributed by atoms with Crippen LogP contribution in [-0.2, 0) is 22.7 Å². The van der Waals surface area contributed by atoms with E-state index in [4.69, 9.17) is 0 Å². The molecule has 6 heteroatoms. The van der Waals surface area contributed by atoms with E-state index in [1.165, 1.54) is 11.1 Å². The maximum Gasteiger partial charge on any atom is 0.0997 e.